The molecule has 1 nitrogen and oxygen atoms in total. The van der Waals surface area contributed by atoms with Crippen molar-refractivity contribution in [1.29, 1.82) is 0 Å². The largest absolute Gasteiger partial charge is 0.295 e. The summed E-state index contributed by atoms with van der Waals surface area (Å²) in [6, 6.07) is 0. The fraction of sp³-hybridized carbons (Fsp3) is 0.750. The molecule has 0 unspecified atom stereocenters. The lowest BCUT2D eigenvalue weighted by atomic mass is 9.62. The van der Waals surface area contributed by atoms with Gasteiger partial charge in [-0.15, -0.1) is 0 Å². The van der Waals surface area contributed by atoms with Crippen LogP contribution in [0.4, 0.5) is 0 Å². The molecule has 0 radical (unpaired) electrons. The van der Waals surface area contributed by atoms with Gasteiger partial charge in [0.1, 0.15) is 0 Å². The third-order valence-corrected chi connectivity index (χ3v) is 3.83. The molecule has 1 heteroatoms. The smallest absolute Gasteiger partial charge is 0.155 e. The van der Waals surface area contributed by atoms with E-state index in [0.29, 0.717) is 17.1 Å². The van der Waals surface area contributed by atoms with E-state index in [4.69, 9.17) is 0 Å². The van der Waals surface area contributed by atoms with Crippen LogP contribution in [0.2, 0.25) is 0 Å². The van der Waals surface area contributed by atoms with Crippen molar-refractivity contribution in [2.45, 2.75) is 46.0 Å². The molecule has 0 N–H and O–H groups in total. The van der Waals surface area contributed by atoms with Gasteiger partial charge in [-0.3, -0.25) is 4.79 Å². The van der Waals surface area contributed by atoms with Gasteiger partial charge in [0.05, 0.1) is 0 Å². The first-order valence-electron chi connectivity index (χ1n) is 5.37. The van der Waals surface area contributed by atoms with Crippen LogP contribution in [0, 0.1) is 11.3 Å². The fourth-order valence-corrected chi connectivity index (χ4v) is 2.92. The Kier molecular flexibility index (Phi) is 2.05. The van der Waals surface area contributed by atoms with Crippen LogP contribution in [0.5, 0.6) is 0 Å². The van der Waals surface area contributed by atoms with Crippen molar-refractivity contribution in [2.75, 3.05) is 0 Å². The standard InChI is InChI=1S/C12H18O/c1-9-4-3-6-12(2)7-5-10(13)8-11(9)12/h8-9H,3-7H2,1-2H3/t9-,12-/m0/s1. The molecule has 0 saturated heterocycles. The van der Waals surface area contributed by atoms with Gasteiger partial charge in [-0.05, 0) is 36.7 Å². The van der Waals surface area contributed by atoms with E-state index in [0.717, 1.165) is 12.8 Å². The van der Waals surface area contributed by atoms with Gasteiger partial charge in [0.2, 0.25) is 0 Å². The minimum Gasteiger partial charge on any atom is -0.295 e. The van der Waals surface area contributed by atoms with E-state index in [1.54, 1.807) is 0 Å². The van der Waals surface area contributed by atoms with Crippen molar-refractivity contribution in [1.82, 2.24) is 0 Å². The Balaban J connectivity index is 2.34. The molecule has 0 amide bonds. The van der Waals surface area contributed by atoms with E-state index in [2.05, 4.69) is 13.8 Å². The van der Waals surface area contributed by atoms with Crippen LogP contribution < -0.4 is 0 Å². The van der Waals surface area contributed by atoms with E-state index in [9.17, 15) is 4.79 Å². The molecule has 2 rings (SSSR count). The summed E-state index contributed by atoms with van der Waals surface area (Å²) in [5.74, 6) is 0.990. The fourth-order valence-electron chi connectivity index (χ4n) is 2.92. The SMILES string of the molecule is C[C@H]1CCC[C@@]2(C)CCC(=O)C=C12. The summed E-state index contributed by atoms with van der Waals surface area (Å²) in [4.78, 5) is 11.3. The van der Waals surface area contributed by atoms with Crippen molar-refractivity contribution >= 4 is 5.78 Å². The molecule has 13 heavy (non-hydrogen) atoms. The minimum absolute atomic E-state index is 0.348. The number of ketones is 1. The van der Waals surface area contributed by atoms with Crippen molar-refractivity contribution in [2.24, 2.45) is 11.3 Å². The molecule has 2 aliphatic rings. The topological polar surface area (TPSA) is 17.1 Å². The predicted octanol–water partition coefficient (Wildman–Crippen LogP) is 3.10. The molecule has 72 valence electrons. The van der Waals surface area contributed by atoms with Crippen LogP contribution in [0.1, 0.15) is 46.0 Å². The van der Waals surface area contributed by atoms with Gasteiger partial charge in [0.25, 0.3) is 0 Å². The second kappa shape index (κ2) is 2.97. The summed E-state index contributed by atoms with van der Waals surface area (Å²) in [6.07, 6.45) is 7.69. The number of carbonyl (C=O) groups is 1. The molecule has 0 bridgehead atoms. The number of hydrogen-bond donors (Lipinski definition) is 0. The van der Waals surface area contributed by atoms with Crippen LogP contribution in [0.15, 0.2) is 11.6 Å². The average Bonchev–Trinajstić information content (AvgIpc) is 2.08. The Hall–Kier alpha value is -0.590. The zero-order valence-corrected chi connectivity index (χ0v) is 8.60. The van der Waals surface area contributed by atoms with Gasteiger partial charge >= 0.3 is 0 Å². The highest BCUT2D eigenvalue weighted by Gasteiger charge is 2.37. The molecule has 1 saturated carbocycles. The maximum atomic E-state index is 11.3. The molecule has 0 aliphatic heterocycles. The van der Waals surface area contributed by atoms with Crippen LogP contribution >= 0.6 is 0 Å². The Morgan fingerprint density at radius 2 is 2.23 bits per heavy atom. The van der Waals surface area contributed by atoms with Crippen molar-refractivity contribution in [3.8, 4) is 0 Å². The monoisotopic (exact) mass is 178 g/mol. The molecule has 0 heterocycles. The number of rotatable bonds is 0. The van der Waals surface area contributed by atoms with Crippen molar-refractivity contribution in [3.63, 3.8) is 0 Å². The molecule has 2 atom stereocenters. The molecule has 0 aromatic heterocycles. The quantitative estimate of drug-likeness (QED) is 0.557. The molecular formula is C12H18O. The van der Waals surface area contributed by atoms with Gasteiger partial charge in [0.15, 0.2) is 5.78 Å². The highest BCUT2D eigenvalue weighted by Crippen LogP contribution is 2.48. The van der Waals surface area contributed by atoms with Crippen LogP contribution in [0.25, 0.3) is 0 Å². The van der Waals surface area contributed by atoms with Gasteiger partial charge < -0.3 is 0 Å². The van der Waals surface area contributed by atoms with Crippen molar-refractivity contribution in [3.05, 3.63) is 11.6 Å². The molecule has 2 aliphatic carbocycles. The van der Waals surface area contributed by atoms with E-state index < -0.39 is 0 Å². The summed E-state index contributed by atoms with van der Waals surface area (Å²) in [5, 5.41) is 0. The Labute approximate surface area is 80.2 Å². The van der Waals surface area contributed by atoms with Gasteiger partial charge in [-0.1, -0.05) is 25.8 Å². The maximum absolute atomic E-state index is 11.3. The minimum atomic E-state index is 0.348. The third-order valence-electron chi connectivity index (χ3n) is 3.83. The summed E-state index contributed by atoms with van der Waals surface area (Å²) in [6.45, 7) is 4.60. The molecule has 1 fully saturated rings. The molecule has 0 aromatic carbocycles. The normalized spacial score (nSPS) is 39.7. The highest BCUT2D eigenvalue weighted by atomic mass is 16.1. The lowest BCUT2D eigenvalue weighted by Crippen LogP contribution is -2.32. The Morgan fingerprint density at radius 3 is 3.00 bits per heavy atom. The van der Waals surface area contributed by atoms with E-state index in [1.165, 1.54) is 24.8 Å². The first-order valence-corrected chi connectivity index (χ1v) is 5.37. The summed E-state index contributed by atoms with van der Waals surface area (Å²) < 4.78 is 0. The highest BCUT2D eigenvalue weighted by molar-refractivity contribution is 5.91. The van der Waals surface area contributed by atoms with E-state index in [1.807, 2.05) is 6.08 Å². The number of allylic oxidation sites excluding steroid dienone is 2. The predicted molar refractivity (Wildman–Crippen MR) is 53.4 cm³/mol. The summed E-state index contributed by atoms with van der Waals surface area (Å²) in [7, 11) is 0. The Bertz CT molecular complexity index is 264. The van der Waals surface area contributed by atoms with Crippen LogP contribution in [-0.2, 0) is 4.79 Å². The Morgan fingerprint density at radius 1 is 1.46 bits per heavy atom. The zero-order chi connectivity index (χ0) is 9.47. The summed E-state index contributed by atoms with van der Waals surface area (Å²) in [5.41, 5.74) is 1.81. The molecular weight excluding hydrogens is 160 g/mol. The molecule has 0 spiro atoms. The third kappa shape index (κ3) is 1.45. The second-order valence-electron chi connectivity index (χ2n) is 4.92. The summed E-state index contributed by atoms with van der Waals surface area (Å²) >= 11 is 0. The number of fused-ring (bicyclic) bond motifs is 1. The van der Waals surface area contributed by atoms with Gasteiger partial charge in [-0.2, -0.15) is 0 Å². The molecule has 0 aromatic rings. The second-order valence-corrected chi connectivity index (χ2v) is 4.92. The number of carbonyl (C=O) groups excluding carboxylic acids is 1. The van der Waals surface area contributed by atoms with E-state index >= 15 is 0 Å². The zero-order valence-electron chi connectivity index (χ0n) is 8.60. The van der Waals surface area contributed by atoms with Gasteiger partial charge in [-0.25, -0.2) is 0 Å². The number of hydrogen-bond acceptors (Lipinski definition) is 1. The van der Waals surface area contributed by atoms with Crippen molar-refractivity contribution < 1.29 is 4.79 Å². The maximum Gasteiger partial charge on any atom is 0.155 e. The van der Waals surface area contributed by atoms with Crippen LogP contribution in [0.3, 0.4) is 0 Å². The van der Waals surface area contributed by atoms with Crippen LogP contribution in [-0.4, -0.2) is 5.78 Å². The van der Waals surface area contributed by atoms with Gasteiger partial charge in [0, 0.05) is 6.42 Å². The average molecular weight is 178 g/mol. The first-order chi connectivity index (χ1) is 6.12. The lowest BCUT2D eigenvalue weighted by molar-refractivity contribution is -0.116. The lowest BCUT2D eigenvalue weighted by Gasteiger charge is -2.42. The first kappa shape index (κ1) is 8.98. The van der Waals surface area contributed by atoms with E-state index in [-0.39, 0.29) is 0 Å².